The van der Waals surface area contributed by atoms with Crippen LogP contribution < -0.4 is 5.73 Å². The number of carbonyl (C=O) groups excluding carboxylic acids is 1. The van der Waals surface area contributed by atoms with Crippen molar-refractivity contribution < 1.29 is 9.53 Å². The number of nitrogen functional groups attached to an aromatic ring is 1. The second-order valence-electron chi connectivity index (χ2n) is 3.91. The summed E-state index contributed by atoms with van der Waals surface area (Å²) in [5, 5.41) is 0.552. The Hall–Kier alpha value is -0.750. The zero-order valence-corrected chi connectivity index (χ0v) is 11.3. The fourth-order valence-electron chi connectivity index (χ4n) is 0.976. The first kappa shape index (κ1) is 13.3. The number of thioether (sulfide) groups is 1. The van der Waals surface area contributed by atoms with E-state index >= 15 is 0 Å². The van der Waals surface area contributed by atoms with E-state index in [4.69, 9.17) is 10.5 Å². The topological polar surface area (TPSA) is 65.2 Å². The van der Waals surface area contributed by atoms with Crippen LogP contribution >= 0.6 is 23.1 Å². The molecule has 0 unspecified atom stereocenters. The van der Waals surface area contributed by atoms with E-state index in [9.17, 15) is 4.79 Å². The van der Waals surface area contributed by atoms with E-state index in [1.54, 1.807) is 18.0 Å². The molecule has 1 aromatic rings. The fraction of sp³-hybridized carbons (Fsp3) is 0.600. The van der Waals surface area contributed by atoms with E-state index in [0.29, 0.717) is 17.5 Å². The number of anilines is 1. The van der Waals surface area contributed by atoms with Crippen LogP contribution in [-0.2, 0) is 9.53 Å². The highest BCUT2D eigenvalue weighted by molar-refractivity contribution is 8.01. The maximum atomic E-state index is 11.6. The number of aromatic nitrogens is 1. The van der Waals surface area contributed by atoms with Gasteiger partial charge in [0.1, 0.15) is 0 Å². The number of nitrogens with two attached hydrogens (primary N) is 1. The van der Waals surface area contributed by atoms with Gasteiger partial charge in [0, 0.05) is 5.75 Å². The summed E-state index contributed by atoms with van der Waals surface area (Å²) in [7, 11) is 0. The predicted octanol–water partition coefficient (Wildman–Crippen LogP) is 2.41. The summed E-state index contributed by atoms with van der Waals surface area (Å²) in [5.41, 5.74) is 5.04. The number of thiazole rings is 1. The summed E-state index contributed by atoms with van der Waals surface area (Å²) in [5.74, 6) is 0.494. The van der Waals surface area contributed by atoms with Gasteiger partial charge in [-0.05, 0) is 20.8 Å². The smallest absolute Gasteiger partial charge is 0.312 e. The Bertz CT molecular complexity index is 363. The van der Waals surface area contributed by atoms with Crippen molar-refractivity contribution in [2.24, 2.45) is 5.41 Å². The quantitative estimate of drug-likeness (QED) is 0.650. The Balaban J connectivity index is 2.50. The average molecular weight is 260 g/mol. The molecule has 2 N–H and O–H groups in total. The second-order valence-corrected chi connectivity index (χ2v) is 6.25. The number of rotatable bonds is 5. The van der Waals surface area contributed by atoms with Gasteiger partial charge in [-0.15, -0.1) is 11.8 Å². The SMILES string of the molecule is CCOC(=O)C(C)(C)CSc1cnc(N)s1. The molecule has 0 saturated carbocycles. The van der Waals surface area contributed by atoms with Crippen LogP contribution in [0.5, 0.6) is 0 Å². The van der Waals surface area contributed by atoms with Crippen LogP contribution in [-0.4, -0.2) is 23.3 Å². The van der Waals surface area contributed by atoms with Crippen LogP contribution in [0.15, 0.2) is 10.4 Å². The molecule has 0 bridgehead atoms. The summed E-state index contributed by atoms with van der Waals surface area (Å²) in [6.45, 7) is 5.98. The van der Waals surface area contributed by atoms with Crippen molar-refractivity contribution in [3.05, 3.63) is 6.20 Å². The van der Waals surface area contributed by atoms with Gasteiger partial charge in [-0.25, -0.2) is 4.98 Å². The Morgan fingerprint density at radius 1 is 1.69 bits per heavy atom. The number of ether oxygens (including phenoxy) is 1. The summed E-state index contributed by atoms with van der Waals surface area (Å²) in [6.07, 6.45) is 1.73. The molecule has 0 atom stereocenters. The van der Waals surface area contributed by atoms with E-state index in [1.807, 2.05) is 20.8 Å². The lowest BCUT2D eigenvalue weighted by Gasteiger charge is -2.20. The largest absolute Gasteiger partial charge is 0.466 e. The number of nitrogens with zero attached hydrogens (tertiary/aromatic N) is 1. The maximum absolute atomic E-state index is 11.6. The zero-order valence-electron chi connectivity index (χ0n) is 9.65. The van der Waals surface area contributed by atoms with Crippen LogP contribution in [0.25, 0.3) is 0 Å². The van der Waals surface area contributed by atoms with E-state index in [0.717, 1.165) is 4.21 Å². The molecule has 0 fully saturated rings. The molecule has 16 heavy (non-hydrogen) atoms. The molecular weight excluding hydrogens is 244 g/mol. The van der Waals surface area contributed by atoms with Crippen molar-refractivity contribution in [2.45, 2.75) is 25.0 Å². The molecule has 1 heterocycles. The van der Waals surface area contributed by atoms with Crippen molar-refractivity contribution in [2.75, 3.05) is 18.1 Å². The van der Waals surface area contributed by atoms with E-state index < -0.39 is 5.41 Å². The Morgan fingerprint density at radius 2 is 2.38 bits per heavy atom. The third-order valence-corrected chi connectivity index (χ3v) is 4.39. The highest BCUT2D eigenvalue weighted by atomic mass is 32.2. The third kappa shape index (κ3) is 3.68. The van der Waals surface area contributed by atoms with Gasteiger partial charge < -0.3 is 10.5 Å². The second kappa shape index (κ2) is 5.54. The molecule has 0 spiro atoms. The first-order valence-electron chi connectivity index (χ1n) is 4.97. The van der Waals surface area contributed by atoms with Crippen molar-refractivity contribution >= 4 is 34.2 Å². The minimum atomic E-state index is -0.487. The van der Waals surface area contributed by atoms with Gasteiger partial charge in [0.05, 0.1) is 22.4 Å². The summed E-state index contributed by atoms with van der Waals surface area (Å²) in [6, 6.07) is 0. The lowest BCUT2D eigenvalue weighted by Crippen LogP contribution is -2.29. The third-order valence-electron chi connectivity index (χ3n) is 1.91. The number of esters is 1. The van der Waals surface area contributed by atoms with Gasteiger partial charge >= 0.3 is 5.97 Å². The Kier molecular flexibility index (Phi) is 4.61. The molecule has 4 nitrogen and oxygen atoms in total. The zero-order chi connectivity index (χ0) is 12.2. The first-order chi connectivity index (χ1) is 7.45. The van der Waals surface area contributed by atoms with Crippen LogP contribution in [0.3, 0.4) is 0 Å². The van der Waals surface area contributed by atoms with Gasteiger partial charge in [0.25, 0.3) is 0 Å². The van der Waals surface area contributed by atoms with Crippen molar-refractivity contribution in [3.8, 4) is 0 Å². The summed E-state index contributed by atoms with van der Waals surface area (Å²) < 4.78 is 6.03. The monoisotopic (exact) mass is 260 g/mol. The molecule has 0 aliphatic heterocycles. The van der Waals surface area contributed by atoms with Gasteiger partial charge in [-0.1, -0.05) is 11.3 Å². The molecule has 0 aromatic carbocycles. The molecule has 1 rings (SSSR count). The fourth-order valence-corrected chi connectivity index (χ4v) is 2.81. The molecule has 0 amide bonds. The van der Waals surface area contributed by atoms with Crippen LogP contribution in [0.4, 0.5) is 5.13 Å². The minimum absolute atomic E-state index is 0.167. The molecule has 90 valence electrons. The van der Waals surface area contributed by atoms with Crippen molar-refractivity contribution in [1.82, 2.24) is 4.98 Å². The molecular formula is C10H16N2O2S2. The van der Waals surface area contributed by atoms with E-state index in [2.05, 4.69) is 4.98 Å². The van der Waals surface area contributed by atoms with Gasteiger partial charge in [0.2, 0.25) is 0 Å². The molecule has 6 heteroatoms. The standard InChI is InChI=1S/C10H16N2O2S2/c1-4-14-8(13)10(2,3)6-15-7-5-12-9(11)16-7/h5H,4,6H2,1-3H3,(H2,11,12). The Labute approximate surface area is 104 Å². The first-order valence-corrected chi connectivity index (χ1v) is 6.77. The highest BCUT2D eigenvalue weighted by Crippen LogP contribution is 2.32. The lowest BCUT2D eigenvalue weighted by molar-refractivity contribution is -0.152. The normalized spacial score (nSPS) is 11.4. The van der Waals surface area contributed by atoms with Gasteiger partial charge in [-0.2, -0.15) is 0 Å². The molecule has 0 saturated heterocycles. The van der Waals surface area contributed by atoms with Gasteiger partial charge in [0.15, 0.2) is 5.13 Å². The van der Waals surface area contributed by atoms with E-state index in [-0.39, 0.29) is 5.97 Å². The highest BCUT2D eigenvalue weighted by Gasteiger charge is 2.29. The van der Waals surface area contributed by atoms with Crippen LogP contribution in [0, 0.1) is 5.41 Å². The Morgan fingerprint density at radius 3 is 2.88 bits per heavy atom. The predicted molar refractivity (Wildman–Crippen MR) is 67.7 cm³/mol. The van der Waals surface area contributed by atoms with Crippen LogP contribution in [0.2, 0.25) is 0 Å². The molecule has 1 aromatic heterocycles. The maximum Gasteiger partial charge on any atom is 0.312 e. The summed E-state index contributed by atoms with van der Waals surface area (Å²) in [4.78, 5) is 15.6. The number of carbonyl (C=O) groups is 1. The minimum Gasteiger partial charge on any atom is -0.466 e. The molecule has 0 aliphatic rings. The molecule has 0 aliphatic carbocycles. The lowest BCUT2D eigenvalue weighted by atomic mass is 9.97. The average Bonchev–Trinajstić information content (AvgIpc) is 2.62. The van der Waals surface area contributed by atoms with Crippen LogP contribution in [0.1, 0.15) is 20.8 Å². The number of hydrogen-bond donors (Lipinski definition) is 1. The van der Waals surface area contributed by atoms with Gasteiger partial charge in [-0.3, -0.25) is 4.79 Å². The summed E-state index contributed by atoms with van der Waals surface area (Å²) >= 11 is 3.01. The number of hydrogen-bond acceptors (Lipinski definition) is 6. The molecule has 0 radical (unpaired) electrons. The van der Waals surface area contributed by atoms with Crippen molar-refractivity contribution in [1.29, 1.82) is 0 Å². The van der Waals surface area contributed by atoms with Crippen molar-refractivity contribution in [3.63, 3.8) is 0 Å². The van der Waals surface area contributed by atoms with E-state index in [1.165, 1.54) is 11.3 Å².